The molecule has 0 unspecified atom stereocenters. The topological polar surface area (TPSA) is 46.6 Å². The first-order valence-corrected chi connectivity index (χ1v) is 7.86. The van der Waals surface area contributed by atoms with E-state index in [0.29, 0.717) is 46.6 Å². The van der Waals surface area contributed by atoms with Crippen molar-refractivity contribution in [3.8, 4) is 5.75 Å². The van der Waals surface area contributed by atoms with Gasteiger partial charge in [-0.3, -0.25) is 9.59 Å². The number of ketones is 1. The van der Waals surface area contributed by atoms with Gasteiger partial charge >= 0.3 is 0 Å². The van der Waals surface area contributed by atoms with E-state index < -0.39 is 11.7 Å². The lowest BCUT2D eigenvalue weighted by Gasteiger charge is -2.16. The van der Waals surface area contributed by atoms with Gasteiger partial charge in [-0.2, -0.15) is 0 Å². The minimum atomic E-state index is -0.489. The molecule has 0 aliphatic carbocycles. The summed E-state index contributed by atoms with van der Waals surface area (Å²) in [4.78, 5) is 25.4. The number of carbonyl (C=O) groups excluding carboxylic acids is 2. The van der Waals surface area contributed by atoms with Gasteiger partial charge in [-0.15, -0.1) is 0 Å². The number of ether oxygens (including phenoxy) is 1. The maximum atomic E-state index is 12.0. The monoisotopic (exact) mass is 349 g/mol. The number of carbonyl (C=O) groups is 2. The molecule has 0 bridgehead atoms. The van der Waals surface area contributed by atoms with E-state index in [9.17, 15) is 9.59 Å². The molecule has 0 N–H and O–H groups in total. The molecule has 4 nitrogen and oxygen atoms in total. The molecule has 0 saturated carbocycles. The summed E-state index contributed by atoms with van der Waals surface area (Å²) in [5.74, 6) is -0.369. The second-order valence-electron chi connectivity index (χ2n) is 5.11. The van der Waals surface area contributed by atoms with Gasteiger partial charge in [0.2, 0.25) is 0 Å². The molecule has 2 aromatic carbocycles. The number of fused-ring (bicyclic) bond motifs is 1. The van der Waals surface area contributed by atoms with Crippen LogP contribution in [0.1, 0.15) is 16.8 Å². The molecule has 0 spiro atoms. The van der Waals surface area contributed by atoms with Crippen molar-refractivity contribution in [2.45, 2.75) is 6.42 Å². The number of para-hydroxylation sites is 1. The van der Waals surface area contributed by atoms with Gasteiger partial charge in [0, 0.05) is 16.6 Å². The number of benzene rings is 2. The Labute approximate surface area is 143 Å². The Kier molecular flexibility index (Phi) is 4.55. The van der Waals surface area contributed by atoms with Crippen LogP contribution in [0.15, 0.2) is 42.5 Å². The molecular formula is C17H13Cl2NO3. The molecule has 1 aliphatic rings. The normalized spacial score (nSPS) is 13.4. The van der Waals surface area contributed by atoms with Crippen LogP contribution in [0.2, 0.25) is 10.0 Å². The molecule has 2 aromatic rings. The van der Waals surface area contributed by atoms with Crippen LogP contribution in [0, 0.1) is 0 Å². The van der Waals surface area contributed by atoms with E-state index in [2.05, 4.69) is 0 Å². The molecule has 1 amide bonds. The zero-order chi connectivity index (χ0) is 16.4. The summed E-state index contributed by atoms with van der Waals surface area (Å²) in [6, 6.07) is 12.0. The predicted octanol–water partition coefficient (Wildman–Crippen LogP) is 3.99. The van der Waals surface area contributed by atoms with Gasteiger partial charge in [-0.25, -0.2) is 0 Å². The number of anilines is 1. The summed E-state index contributed by atoms with van der Waals surface area (Å²) >= 11 is 11.8. The number of hydrogen-bond donors (Lipinski definition) is 0. The van der Waals surface area contributed by atoms with Crippen molar-refractivity contribution >= 4 is 40.6 Å². The first-order chi connectivity index (χ1) is 11.1. The van der Waals surface area contributed by atoms with Gasteiger partial charge in [0.15, 0.2) is 0 Å². The molecule has 1 aliphatic heterocycles. The minimum Gasteiger partial charge on any atom is -0.493 e. The molecule has 1 heterocycles. The lowest BCUT2D eigenvalue weighted by atomic mass is 10.1. The zero-order valence-corrected chi connectivity index (χ0v) is 13.6. The lowest BCUT2D eigenvalue weighted by Crippen LogP contribution is -2.31. The molecule has 3 rings (SSSR count). The molecule has 0 atom stereocenters. The Morgan fingerprint density at radius 2 is 1.70 bits per heavy atom. The van der Waals surface area contributed by atoms with E-state index in [-0.39, 0.29) is 0 Å². The Morgan fingerprint density at radius 1 is 1.00 bits per heavy atom. The number of Topliss-reactive ketones (excluding diaryl/α,β-unsaturated/α-hetero) is 1. The van der Waals surface area contributed by atoms with Gasteiger partial charge in [0.05, 0.1) is 17.9 Å². The predicted molar refractivity (Wildman–Crippen MR) is 89.7 cm³/mol. The van der Waals surface area contributed by atoms with Crippen molar-refractivity contribution in [2.75, 3.05) is 18.1 Å². The first kappa shape index (κ1) is 15.8. The fourth-order valence-electron chi connectivity index (χ4n) is 2.49. The third-order valence-corrected chi connectivity index (χ3v) is 3.95. The van der Waals surface area contributed by atoms with E-state index in [1.807, 2.05) is 6.07 Å². The minimum absolute atomic E-state index is 0.386. The highest BCUT2D eigenvalue weighted by Crippen LogP contribution is 2.28. The molecule has 23 heavy (non-hydrogen) atoms. The maximum absolute atomic E-state index is 12.0. The molecule has 118 valence electrons. The summed E-state index contributed by atoms with van der Waals surface area (Å²) in [6.45, 7) is 0.798. The van der Waals surface area contributed by atoms with Crippen molar-refractivity contribution in [1.29, 1.82) is 0 Å². The Morgan fingerprint density at radius 3 is 2.43 bits per heavy atom. The molecular weight excluding hydrogens is 337 g/mol. The summed E-state index contributed by atoms with van der Waals surface area (Å²) in [5, 5.41) is 1.00. The lowest BCUT2D eigenvalue weighted by molar-refractivity contribution is -0.114. The molecule has 0 fully saturated rings. The van der Waals surface area contributed by atoms with Crippen LogP contribution in [0.3, 0.4) is 0 Å². The number of rotatable bonds is 5. The average molecular weight is 350 g/mol. The smallest absolute Gasteiger partial charge is 0.299 e. The van der Waals surface area contributed by atoms with E-state index in [0.717, 1.165) is 0 Å². The van der Waals surface area contributed by atoms with Crippen LogP contribution in [-0.2, 0) is 4.79 Å². The van der Waals surface area contributed by atoms with Crippen LogP contribution in [0.25, 0.3) is 0 Å². The van der Waals surface area contributed by atoms with Crippen molar-refractivity contribution in [2.24, 2.45) is 0 Å². The summed E-state index contributed by atoms with van der Waals surface area (Å²) in [6.07, 6.45) is 0.581. The van der Waals surface area contributed by atoms with Gasteiger partial charge < -0.3 is 9.64 Å². The largest absolute Gasteiger partial charge is 0.493 e. The van der Waals surface area contributed by atoms with Crippen molar-refractivity contribution in [3.63, 3.8) is 0 Å². The highest BCUT2D eigenvalue weighted by molar-refractivity contribution is 6.52. The standard InChI is InChI=1S/C17H13Cl2NO3/c18-11-8-12(19)10-13(9-11)23-7-3-6-20-15-5-2-1-4-14(15)16(21)17(20)22/h1-2,4-5,8-10H,3,6-7H2. The SMILES string of the molecule is O=C1C(=O)N(CCCOc2cc(Cl)cc(Cl)c2)c2ccccc21. The fourth-order valence-corrected chi connectivity index (χ4v) is 3.00. The number of halogens is 2. The van der Waals surface area contributed by atoms with Gasteiger partial charge in [-0.1, -0.05) is 35.3 Å². The van der Waals surface area contributed by atoms with E-state index in [1.165, 1.54) is 4.90 Å². The number of nitrogens with zero attached hydrogens (tertiary/aromatic N) is 1. The molecule has 6 heteroatoms. The van der Waals surface area contributed by atoms with Crippen LogP contribution in [-0.4, -0.2) is 24.8 Å². The summed E-state index contributed by atoms with van der Waals surface area (Å²) in [7, 11) is 0. The third-order valence-electron chi connectivity index (χ3n) is 3.51. The second-order valence-corrected chi connectivity index (χ2v) is 5.98. The van der Waals surface area contributed by atoms with Crippen LogP contribution >= 0.6 is 23.2 Å². The molecule has 0 aromatic heterocycles. The Bertz CT molecular complexity index is 756. The van der Waals surface area contributed by atoms with E-state index >= 15 is 0 Å². The van der Waals surface area contributed by atoms with Gasteiger partial charge in [0.1, 0.15) is 5.75 Å². The maximum Gasteiger partial charge on any atom is 0.299 e. The summed E-state index contributed by atoms with van der Waals surface area (Å²) in [5.41, 5.74) is 1.12. The second kappa shape index (κ2) is 6.60. The van der Waals surface area contributed by atoms with Crippen LogP contribution in [0.5, 0.6) is 5.75 Å². The van der Waals surface area contributed by atoms with Crippen LogP contribution < -0.4 is 9.64 Å². The first-order valence-electron chi connectivity index (χ1n) is 7.10. The quantitative estimate of drug-likeness (QED) is 0.605. The highest BCUT2D eigenvalue weighted by Gasteiger charge is 2.34. The fraction of sp³-hybridized carbons (Fsp3) is 0.176. The van der Waals surface area contributed by atoms with Crippen molar-refractivity contribution in [3.05, 3.63) is 58.1 Å². The number of hydrogen-bond acceptors (Lipinski definition) is 3. The van der Waals surface area contributed by atoms with E-state index in [1.54, 1.807) is 36.4 Å². The number of amides is 1. The Balaban J connectivity index is 1.59. The molecule has 0 saturated heterocycles. The van der Waals surface area contributed by atoms with Crippen LogP contribution in [0.4, 0.5) is 5.69 Å². The zero-order valence-electron chi connectivity index (χ0n) is 12.1. The van der Waals surface area contributed by atoms with Gasteiger partial charge in [0.25, 0.3) is 11.7 Å². The Hall–Kier alpha value is -2.04. The van der Waals surface area contributed by atoms with Gasteiger partial charge in [-0.05, 0) is 36.8 Å². The summed E-state index contributed by atoms with van der Waals surface area (Å²) < 4.78 is 5.59. The average Bonchev–Trinajstić information content (AvgIpc) is 2.75. The molecule has 0 radical (unpaired) electrons. The van der Waals surface area contributed by atoms with Crippen molar-refractivity contribution in [1.82, 2.24) is 0 Å². The van der Waals surface area contributed by atoms with E-state index in [4.69, 9.17) is 27.9 Å². The van der Waals surface area contributed by atoms with Crippen molar-refractivity contribution < 1.29 is 14.3 Å². The highest BCUT2D eigenvalue weighted by atomic mass is 35.5. The third kappa shape index (κ3) is 3.33.